The summed E-state index contributed by atoms with van der Waals surface area (Å²) in [4.78, 5) is 20.1. The van der Waals surface area contributed by atoms with Gasteiger partial charge >= 0.3 is 0 Å². The van der Waals surface area contributed by atoms with Crippen molar-refractivity contribution in [2.24, 2.45) is 0 Å². The summed E-state index contributed by atoms with van der Waals surface area (Å²) < 4.78 is 0. The van der Waals surface area contributed by atoms with Crippen molar-refractivity contribution in [2.45, 2.75) is 0 Å². The number of benzene rings is 2. The Bertz CT molecular complexity index is 510. The second-order valence-electron chi connectivity index (χ2n) is 3.35. The van der Waals surface area contributed by atoms with Crippen LogP contribution in [0.3, 0.4) is 0 Å². The molecule has 124 valence electrons. The van der Waals surface area contributed by atoms with Crippen LogP contribution in [0.25, 0.3) is 0 Å². The van der Waals surface area contributed by atoms with Gasteiger partial charge in [-0.15, -0.1) is 13.2 Å². The van der Waals surface area contributed by atoms with Crippen molar-refractivity contribution in [3.05, 3.63) is 72.8 Å². The molecular formula is C16H20O6Ti. The molecule has 0 heterocycles. The van der Waals surface area contributed by atoms with Crippen molar-refractivity contribution < 1.29 is 52.5 Å². The maximum atomic E-state index is 10.1. The van der Waals surface area contributed by atoms with E-state index in [1.165, 1.54) is 12.1 Å². The van der Waals surface area contributed by atoms with Gasteiger partial charge in [-0.05, 0) is 24.3 Å². The molecule has 0 aliphatic rings. The van der Waals surface area contributed by atoms with Crippen molar-refractivity contribution >= 4 is 12.6 Å². The molecular weight excluding hydrogens is 336 g/mol. The van der Waals surface area contributed by atoms with Crippen LogP contribution in [0, 0.1) is 0 Å². The first-order chi connectivity index (χ1) is 9.69. The smallest absolute Gasteiger partial charge is 0.153 e. The first-order valence-electron chi connectivity index (χ1n) is 5.65. The number of carbonyl (C=O) groups excluding carboxylic acids is 2. The molecule has 6 nitrogen and oxygen atoms in total. The van der Waals surface area contributed by atoms with Crippen LogP contribution in [0.5, 0.6) is 11.5 Å². The van der Waals surface area contributed by atoms with E-state index in [-0.39, 0.29) is 44.2 Å². The summed E-state index contributed by atoms with van der Waals surface area (Å²) in [5.41, 5.74) is 0.662. The van der Waals surface area contributed by atoms with E-state index in [0.29, 0.717) is 23.7 Å². The number of aromatic hydroxyl groups is 2. The molecule has 0 aliphatic heterocycles. The van der Waals surface area contributed by atoms with Crippen LogP contribution in [0.15, 0.2) is 61.7 Å². The van der Waals surface area contributed by atoms with Crippen molar-refractivity contribution in [3.8, 4) is 11.5 Å². The maximum Gasteiger partial charge on any atom is 0.153 e. The zero-order valence-electron chi connectivity index (χ0n) is 12.4. The summed E-state index contributed by atoms with van der Waals surface area (Å²) >= 11 is 0. The van der Waals surface area contributed by atoms with Crippen molar-refractivity contribution in [1.29, 1.82) is 0 Å². The Morgan fingerprint density at radius 3 is 1.13 bits per heavy atom. The van der Waals surface area contributed by atoms with Gasteiger partial charge in [0, 0.05) is 21.7 Å². The summed E-state index contributed by atoms with van der Waals surface area (Å²) in [5.74, 6) is 0.0694. The van der Waals surface area contributed by atoms with Gasteiger partial charge in [0.2, 0.25) is 0 Å². The van der Waals surface area contributed by atoms with Crippen LogP contribution >= 0.6 is 0 Å². The summed E-state index contributed by atoms with van der Waals surface area (Å²) in [5, 5.41) is 17.8. The molecule has 23 heavy (non-hydrogen) atoms. The second-order valence-corrected chi connectivity index (χ2v) is 3.35. The number of aldehydes is 2. The molecule has 0 unspecified atom stereocenters. The monoisotopic (exact) mass is 356 g/mol. The van der Waals surface area contributed by atoms with Gasteiger partial charge in [0.15, 0.2) is 12.6 Å². The fraction of sp³-hybridized carbons (Fsp3) is 0. The van der Waals surface area contributed by atoms with Crippen LogP contribution in [-0.2, 0) is 21.7 Å². The number of rotatable bonds is 2. The molecule has 0 fully saturated rings. The zero-order valence-corrected chi connectivity index (χ0v) is 14.0. The molecule has 6 N–H and O–H groups in total. The van der Waals surface area contributed by atoms with E-state index in [1.807, 2.05) is 0 Å². The predicted molar refractivity (Wildman–Crippen MR) is 85.5 cm³/mol. The van der Waals surface area contributed by atoms with Gasteiger partial charge in [-0.2, -0.15) is 0 Å². The van der Waals surface area contributed by atoms with Crippen LogP contribution in [0.1, 0.15) is 20.7 Å². The summed E-state index contributed by atoms with van der Waals surface area (Å²) in [7, 11) is 0. The van der Waals surface area contributed by atoms with Gasteiger partial charge in [-0.3, -0.25) is 9.59 Å². The van der Waals surface area contributed by atoms with E-state index < -0.39 is 0 Å². The summed E-state index contributed by atoms with van der Waals surface area (Å²) in [6.07, 6.45) is 1.24. The van der Waals surface area contributed by atoms with Gasteiger partial charge in [-0.1, -0.05) is 24.3 Å². The fourth-order valence-electron chi connectivity index (χ4n) is 1.17. The molecule has 0 aliphatic carbocycles. The minimum atomic E-state index is 0. The Balaban J connectivity index is -0.000000127. The minimum absolute atomic E-state index is 0. The third-order valence-electron chi connectivity index (χ3n) is 2.13. The SMILES string of the molecule is C=C.O.O.O=Cc1ccccc1O.O=Cc1ccccc1O.[Ti]. The number of phenolic OH excluding ortho intramolecular Hbond substituents is 2. The van der Waals surface area contributed by atoms with Gasteiger partial charge in [0.1, 0.15) is 11.5 Å². The summed E-state index contributed by atoms with van der Waals surface area (Å²) in [6, 6.07) is 12.8. The molecule has 0 saturated carbocycles. The molecule has 2 aromatic rings. The standard InChI is InChI=1S/2C7H6O2.C2H4.2H2O.Ti/c2*8-5-6-3-1-2-4-7(6)9;1-2;;;/h2*1-5,9H;1-2H2;2*1H2;. The van der Waals surface area contributed by atoms with E-state index in [1.54, 1.807) is 36.4 Å². The Morgan fingerprint density at radius 1 is 0.696 bits per heavy atom. The number of hydrogen-bond donors (Lipinski definition) is 2. The Labute approximate surface area is 149 Å². The Kier molecular flexibility index (Phi) is 22.3. The van der Waals surface area contributed by atoms with Gasteiger partial charge in [0.25, 0.3) is 0 Å². The number of carbonyl (C=O) groups is 2. The fourth-order valence-corrected chi connectivity index (χ4v) is 1.17. The van der Waals surface area contributed by atoms with Crippen LogP contribution < -0.4 is 0 Å². The second kappa shape index (κ2) is 17.8. The Morgan fingerprint density at radius 2 is 0.957 bits per heavy atom. The van der Waals surface area contributed by atoms with E-state index in [9.17, 15) is 9.59 Å². The molecule has 0 aromatic heterocycles. The van der Waals surface area contributed by atoms with E-state index >= 15 is 0 Å². The third-order valence-corrected chi connectivity index (χ3v) is 2.13. The molecule has 0 atom stereocenters. The normalized spacial score (nSPS) is 7.13. The molecule has 2 rings (SSSR count). The molecule has 0 saturated heterocycles. The van der Waals surface area contributed by atoms with Crippen molar-refractivity contribution in [2.75, 3.05) is 0 Å². The zero-order chi connectivity index (χ0) is 15.4. The maximum absolute atomic E-state index is 10.1. The summed E-state index contributed by atoms with van der Waals surface area (Å²) in [6.45, 7) is 6.00. The van der Waals surface area contributed by atoms with Crippen molar-refractivity contribution in [1.82, 2.24) is 0 Å². The first kappa shape index (κ1) is 28.9. The minimum Gasteiger partial charge on any atom is -0.507 e. The topological polar surface area (TPSA) is 138 Å². The molecule has 0 radical (unpaired) electrons. The van der Waals surface area contributed by atoms with E-state index in [4.69, 9.17) is 10.2 Å². The van der Waals surface area contributed by atoms with Crippen LogP contribution in [-0.4, -0.2) is 33.7 Å². The van der Waals surface area contributed by atoms with Gasteiger partial charge in [-0.25, -0.2) is 0 Å². The van der Waals surface area contributed by atoms with Gasteiger partial charge in [0.05, 0.1) is 11.1 Å². The molecule has 7 heteroatoms. The average Bonchev–Trinajstić information content (AvgIpc) is 2.51. The van der Waals surface area contributed by atoms with Gasteiger partial charge < -0.3 is 21.2 Å². The predicted octanol–water partition coefficient (Wildman–Crippen LogP) is 1.56. The Hall–Kier alpha value is -2.25. The first-order valence-corrected chi connectivity index (χ1v) is 5.65. The largest absolute Gasteiger partial charge is 0.507 e. The van der Waals surface area contributed by atoms with E-state index in [0.717, 1.165) is 0 Å². The quantitative estimate of drug-likeness (QED) is 0.479. The number of para-hydroxylation sites is 2. The van der Waals surface area contributed by atoms with E-state index in [2.05, 4.69) is 13.2 Å². The average molecular weight is 356 g/mol. The third kappa shape index (κ3) is 11.0. The molecule has 0 amide bonds. The number of hydrogen-bond acceptors (Lipinski definition) is 4. The molecule has 0 bridgehead atoms. The van der Waals surface area contributed by atoms with Crippen molar-refractivity contribution in [3.63, 3.8) is 0 Å². The molecule has 0 spiro atoms. The molecule has 2 aromatic carbocycles. The van der Waals surface area contributed by atoms with Crippen LogP contribution in [0.4, 0.5) is 0 Å². The van der Waals surface area contributed by atoms with Crippen LogP contribution in [0.2, 0.25) is 0 Å². The number of phenols is 2.